The summed E-state index contributed by atoms with van der Waals surface area (Å²) in [6.07, 6.45) is -0.429. The molecule has 36 heavy (non-hydrogen) atoms. The van der Waals surface area contributed by atoms with E-state index < -0.39 is 32.0 Å². The zero-order valence-electron chi connectivity index (χ0n) is 20.1. The van der Waals surface area contributed by atoms with E-state index in [-0.39, 0.29) is 11.7 Å². The molecule has 2 N–H and O–H groups in total. The van der Waals surface area contributed by atoms with Crippen LogP contribution in [0, 0.1) is 24.3 Å². The van der Waals surface area contributed by atoms with Crippen LogP contribution in [0.4, 0.5) is 4.39 Å². The molecule has 1 aromatic heterocycles. The Kier molecular flexibility index (Phi) is 7.70. The summed E-state index contributed by atoms with van der Waals surface area (Å²) in [5.74, 6) is 1.66. The number of aliphatic hydroxyl groups excluding tert-OH is 1. The average Bonchev–Trinajstić information content (AvgIpc) is 3.69. The number of carboxylic acids is 1. The zero-order valence-corrected chi connectivity index (χ0v) is 21.0. The number of carbonyl (C=O) groups is 1. The summed E-state index contributed by atoms with van der Waals surface area (Å²) in [4.78, 5) is 15.9. The minimum atomic E-state index is -3.67. The number of carboxylic acid groups (broad SMARTS) is 1. The fourth-order valence-corrected chi connectivity index (χ4v) is 5.48. The predicted molar refractivity (Wildman–Crippen MR) is 136 cm³/mol. The van der Waals surface area contributed by atoms with Gasteiger partial charge < -0.3 is 14.7 Å². The number of hydrogen-bond acceptors (Lipinski definition) is 5. The van der Waals surface area contributed by atoms with Crippen LogP contribution >= 0.6 is 7.37 Å². The van der Waals surface area contributed by atoms with E-state index in [2.05, 4.69) is 11.6 Å². The van der Waals surface area contributed by atoms with E-state index in [0.717, 1.165) is 46.5 Å². The first-order valence-electron chi connectivity index (χ1n) is 11.6. The monoisotopic (exact) mass is 507 g/mol. The van der Waals surface area contributed by atoms with Crippen molar-refractivity contribution in [1.82, 2.24) is 4.98 Å². The largest absolute Gasteiger partial charge is 0.481 e. The highest BCUT2D eigenvalue weighted by molar-refractivity contribution is 7.64. The van der Waals surface area contributed by atoms with Gasteiger partial charge in [-0.1, -0.05) is 48.4 Å². The predicted octanol–water partition coefficient (Wildman–Crippen LogP) is 5.81. The molecule has 3 aromatic rings. The molecule has 2 aromatic carbocycles. The number of hydrogen-bond donors (Lipinski definition) is 2. The summed E-state index contributed by atoms with van der Waals surface area (Å²) in [6, 6.07) is 15.9. The Bertz CT molecular complexity index is 1380. The van der Waals surface area contributed by atoms with Gasteiger partial charge in [-0.2, -0.15) is 0 Å². The van der Waals surface area contributed by atoms with Crippen LogP contribution in [0.25, 0.3) is 22.4 Å². The SMILES string of the molecule is COP(=O)(C#Cc1c(C2CC2)nc(-c2ccccc2)c(C)c1-c1ccc(F)cc1)C[C@@H](O)CC(=O)O. The number of aliphatic carboxylic acids is 1. The molecule has 0 amide bonds. The van der Waals surface area contributed by atoms with Gasteiger partial charge in [0.25, 0.3) is 7.37 Å². The van der Waals surface area contributed by atoms with Crippen molar-refractivity contribution in [3.63, 3.8) is 0 Å². The van der Waals surface area contributed by atoms with Gasteiger partial charge in [-0.05, 0) is 48.7 Å². The van der Waals surface area contributed by atoms with Crippen LogP contribution in [-0.4, -0.2) is 40.5 Å². The molecular formula is C28H27FNO5P. The summed E-state index contributed by atoms with van der Waals surface area (Å²) in [7, 11) is -2.44. The van der Waals surface area contributed by atoms with E-state index >= 15 is 0 Å². The van der Waals surface area contributed by atoms with Gasteiger partial charge in [0.2, 0.25) is 0 Å². The Morgan fingerprint density at radius 3 is 2.42 bits per heavy atom. The minimum Gasteiger partial charge on any atom is -0.481 e. The van der Waals surface area contributed by atoms with Gasteiger partial charge >= 0.3 is 5.97 Å². The van der Waals surface area contributed by atoms with E-state index in [1.54, 1.807) is 12.1 Å². The lowest BCUT2D eigenvalue weighted by Gasteiger charge is -2.18. The first-order chi connectivity index (χ1) is 17.2. The lowest BCUT2D eigenvalue weighted by atomic mass is 9.90. The topological polar surface area (TPSA) is 96.7 Å². The lowest BCUT2D eigenvalue weighted by molar-refractivity contribution is -0.138. The molecule has 0 spiro atoms. The van der Waals surface area contributed by atoms with Crippen LogP contribution in [0.5, 0.6) is 0 Å². The van der Waals surface area contributed by atoms with Gasteiger partial charge in [0.1, 0.15) is 5.82 Å². The standard InChI is InChI=1S/C28H27FNO5P/c1-18-26(19-10-12-22(29)13-11-19)24(14-15-36(34,35-2)17-23(31)16-25(32)33)28(21-8-9-21)30-27(18)20-6-4-3-5-7-20/h3-7,10-13,21,23,31H,8-9,16-17H2,1-2H3,(H,32,33)/t23-,36?/m0/s1. The molecule has 1 unspecified atom stereocenters. The zero-order chi connectivity index (χ0) is 25.9. The van der Waals surface area contributed by atoms with Crippen LogP contribution in [0.2, 0.25) is 0 Å². The summed E-state index contributed by atoms with van der Waals surface area (Å²) in [5, 5.41) is 19.0. The highest BCUT2D eigenvalue weighted by Crippen LogP contribution is 2.48. The maximum atomic E-state index is 13.8. The highest BCUT2D eigenvalue weighted by Gasteiger charge is 2.32. The van der Waals surface area contributed by atoms with E-state index in [1.165, 1.54) is 19.2 Å². The molecule has 6 nitrogen and oxygen atoms in total. The fraction of sp³-hybridized carbons (Fsp3) is 0.286. The Balaban J connectivity index is 1.91. The molecule has 186 valence electrons. The third kappa shape index (κ3) is 5.91. The quantitative estimate of drug-likeness (QED) is 0.295. The number of nitrogens with zero attached hydrogens (tertiary/aromatic N) is 1. The van der Waals surface area contributed by atoms with E-state index in [9.17, 15) is 18.9 Å². The third-order valence-electron chi connectivity index (χ3n) is 6.12. The number of aliphatic hydroxyl groups is 1. The molecule has 0 bridgehead atoms. The number of benzene rings is 2. The van der Waals surface area contributed by atoms with Crippen molar-refractivity contribution in [1.29, 1.82) is 0 Å². The minimum absolute atomic E-state index is 0.191. The molecule has 1 aliphatic rings. The highest BCUT2D eigenvalue weighted by atomic mass is 31.2. The third-order valence-corrected chi connectivity index (χ3v) is 8.06. The molecule has 0 radical (unpaired) electrons. The molecule has 0 saturated heterocycles. The van der Waals surface area contributed by atoms with Crippen LogP contribution < -0.4 is 0 Å². The number of halogens is 1. The van der Waals surface area contributed by atoms with Gasteiger partial charge in [0.05, 0.1) is 35.6 Å². The summed E-state index contributed by atoms with van der Waals surface area (Å²) < 4.78 is 32.2. The van der Waals surface area contributed by atoms with E-state index in [1.807, 2.05) is 37.3 Å². The summed E-state index contributed by atoms with van der Waals surface area (Å²) in [5.41, 5.74) is 8.19. The molecule has 2 atom stereocenters. The molecule has 1 fully saturated rings. The van der Waals surface area contributed by atoms with Crippen LogP contribution in [0.1, 0.15) is 42.0 Å². The van der Waals surface area contributed by atoms with Crippen molar-refractivity contribution in [2.75, 3.05) is 13.3 Å². The number of pyridine rings is 1. The molecular weight excluding hydrogens is 480 g/mol. The van der Waals surface area contributed by atoms with Crippen LogP contribution in [0.15, 0.2) is 54.6 Å². The van der Waals surface area contributed by atoms with Crippen molar-refractivity contribution in [3.05, 3.63) is 77.2 Å². The first kappa shape index (κ1) is 25.8. The maximum absolute atomic E-state index is 13.8. The number of aromatic nitrogens is 1. The smallest absolute Gasteiger partial charge is 0.305 e. The van der Waals surface area contributed by atoms with Gasteiger partial charge in [0.15, 0.2) is 0 Å². The fourth-order valence-electron chi connectivity index (χ4n) is 4.18. The Hall–Kier alpha value is -3.30. The average molecular weight is 507 g/mol. The van der Waals surface area contributed by atoms with Gasteiger partial charge in [-0.25, -0.2) is 4.39 Å². The second kappa shape index (κ2) is 10.8. The van der Waals surface area contributed by atoms with E-state index in [4.69, 9.17) is 14.6 Å². The second-order valence-electron chi connectivity index (χ2n) is 8.89. The van der Waals surface area contributed by atoms with Gasteiger partial charge in [-0.3, -0.25) is 14.3 Å². The Labute approximate surface area is 209 Å². The second-order valence-corrected chi connectivity index (χ2v) is 11.2. The van der Waals surface area contributed by atoms with Crippen molar-refractivity contribution < 1.29 is 28.5 Å². The summed E-state index contributed by atoms with van der Waals surface area (Å²) >= 11 is 0. The maximum Gasteiger partial charge on any atom is 0.305 e. The van der Waals surface area contributed by atoms with Gasteiger partial charge in [-0.15, -0.1) is 0 Å². The molecule has 4 rings (SSSR count). The molecule has 8 heteroatoms. The molecule has 1 aliphatic carbocycles. The van der Waals surface area contributed by atoms with E-state index in [0.29, 0.717) is 5.56 Å². The first-order valence-corrected chi connectivity index (χ1v) is 13.5. The number of rotatable bonds is 8. The Morgan fingerprint density at radius 2 is 1.83 bits per heavy atom. The Morgan fingerprint density at radius 1 is 1.17 bits per heavy atom. The molecule has 1 heterocycles. The molecule has 1 saturated carbocycles. The van der Waals surface area contributed by atoms with Crippen LogP contribution in [0.3, 0.4) is 0 Å². The molecule has 0 aliphatic heterocycles. The van der Waals surface area contributed by atoms with Crippen molar-refractivity contribution in [2.24, 2.45) is 0 Å². The van der Waals surface area contributed by atoms with Gasteiger partial charge in [0, 0.05) is 24.2 Å². The van der Waals surface area contributed by atoms with Crippen molar-refractivity contribution in [2.45, 2.75) is 38.2 Å². The summed E-state index contributed by atoms with van der Waals surface area (Å²) in [6.45, 7) is 1.93. The van der Waals surface area contributed by atoms with Crippen molar-refractivity contribution >= 4 is 13.3 Å². The van der Waals surface area contributed by atoms with Crippen LogP contribution in [-0.2, 0) is 13.9 Å². The lowest BCUT2D eigenvalue weighted by Crippen LogP contribution is -2.17. The normalized spacial score (nSPS) is 15.4. The van der Waals surface area contributed by atoms with Crippen molar-refractivity contribution in [3.8, 4) is 34.0 Å².